The van der Waals surface area contributed by atoms with E-state index in [1.807, 2.05) is 32.2 Å². The van der Waals surface area contributed by atoms with Gasteiger partial charge in [-0.2, -0.15) is 5.10 Å². The molecule has 0 bridgehead atoms. The van der Waals surface area contributed by atoms with Crippen molar-refractivity contribution in [3.63, 3.8) is 0 Å². The number of oxime groups is 1. The Morgan fingerprint density at radius 3 is 2.83 bits per heavy atom. The number of hydrogen-bond acceptors (Lipinski definition) is 4. The first-order valence-electron chi connectivity index (χ1n) is 5.88. The van der Waals surface area contributed by atoms with Crippen LogP contribution in [-0.4, -0.2) is 20.5 Å². The summed E-state index contributed by atoms with van der Waals surface area (Å²) >= 11 is 0. The second-order valence-corrected chi connectivity index (χ2v) is 4.42. The average molecular weight is 242 g/mol. The molecule has 1 aliphatic heterocycles. The highest BCUT2D eigenvalue weighted by Crippen LogP contribution is 2.33. The van der Waals surface area contributed by atoms with E-state index < -0.39 is 0 Å². The molecule has 2 heterocycles. The van der Waals surface area contributed by atoms with Gasteiger partial charge in [-0.15, -0.1) is 0 Å². The van der Waals surface area contributed by atoms with E-state index in [9.17, 15) is 0 Å². The summed E-state index contributed by atoms with van der Waals surface area (Å²) in [5, 5.41) is 8.12. The normalized spacial score (nSPS) is 18.6. The predicted molar refractivity (Wildman–Crippen MR) is 68.0 cm³/mol. The minimum absolute atomic E-state index is 0.0158. The summed E-state index contributed by atoms with van der Waals surface area (Å²) in [5.41, 5.74) is 3.18. The Morgan fingerprint density at radius 1 is 1.33 bits per heavy atom. The Hall–Kier alpha value is -2.17. The highest BCUT2D eigenvalue weighted by atomic mass is 16.6. The van der Waals surface area contributed by atoms with Gasteiger partial charge in [0.15, 0.2) is 11.9 Å². The molecule has 3 rings (SSSR count). The van der Waals surface area contributed by atoms with Crippen LogP contribution in [0.15, 0.2) is 35.7 Å². The van der Waals surface area contributed by atoms with Gasteiger partial charge < -0.3 is 4.84 Å². The number of aromatic nitrogens is 3. The molecule has 1 atom stereocenters. The Labute approximate surface area is 105 Å². The Bertz CT molecular complexity index is 603. The third kappa shape index (κ3) is 1.77. The maximum Gasteiger partial charge on any atom is 0.158 e. The van der Waals surface area contributed by atoms with Crippen LogP contribution in [0.4, 0.5) is 0 Å². The monoisotopic (exact) mass is 242 g/mol. The summed E-state index contributed by atoms with van der Waals surface area (Å²) in [6.45, 7) is 1.98. The van der Waals surface area contributed by atoms with Crippen LogP contribution in [0.2, 0.25) is 0 Å². The zero-order valence-electron chi connectivity index (χ0n) is 10.4. The molecule has 0 amide bonds. The van der Waals surface area contributed by atoms with Gasteiger partial charge in [0, 0.05) is 24.6 Å². The van der Waals surface area contributed by atoms with Crippen LogP contribution in [0, 0.1) is 0 Å². The van der Waals surface area contributed by atoms with Crippen LogP contribution < -0.4 is 0 Å². The van der Waals surface area contributed by atoms with E-state index in [4.69, 9.17) is 4.84 Å². The van der Waals surface area contributed by atoms with Crippen LogP contribution in [0.25, 0.3) is 11.4 Å². The first-order chi connectivity index (χ1) is 8.75. The van der Waals surface area contributed by atoms with Crippen LogP contribution in [0.3, 0.4) is 0 Å². The van der Waals surface area contributed by atoms with Crippen LogP contribution >= 0.6 is 0 Å². The van der Waals surface area contributed by atoms with Crippen molar-refractivity contribution in [2.75, 3.05) is 0 Å². The lowest BCUT2D eigenvalue weighted by molar-refractivity contribution is 0.0861. The molecule has 1 aromatic heterocycles. The number of nitrogens with zero attached hydrogens (tertiary/aromatic N) is 4. The molecule has 0 aliphatic carbocycles. The lowest BCUT2D eigenvalue weighted by Crippen LogP contribution is -2.03. The summed E-state index contributed by atoms with van der Waals surface area (Å²) in [4.78, 5) is 9.76. The van der Waals surface area contributed by atoms with Gasteiger partial charge in [-0.3, -0.25) is 0 Å². The average Bonchev–Trinajstić information content (AvgIpc) is 2.98. The fourth-order valence-electron chi connectivity index (χ4n) is 2.18. The topological polar surface area (TPSA) is 52.3 Å². The molecule has 0 unspecified atom stereocenters. The quantitative estimate of drug-likeness (QED) is 0.812. The molecule has 2 aromatic rings. The largest absolute Gasteiger partial charge is 0.387 e. The molecule has 0 N–H and O–H groups in total. The van der Waals surface area contributed by atoms with Crippen molar-refractivity contribution >= 4 is 5.71 Å². The number of benzene rings is 1. The van der Waals surface area contributed by atoms with Gasteiger partial charge >= 0.3 is 0 Å². The van der Waals surface area contributed by atoms with Crippen molar-refractivity contribution in [1.29, 1.82) is 0 Å². The molecule has 92 valence electrons. The van der Waals surface area contributed by atoms with Crippen molar-refractivity contribution in [3.8, 4) is 11.4 Å². The van der Waals surface area contributed by atoms with Crippen molar-refractivity contribution in [3.05, 3.63) is 36.2 Å². The molecule has 0 spiro atoms. The summed E-state index contributed by atoms with van der Waals surface area (Å²) in [6, 6.07) is 8.10. The Balaban J connectivity index is 2.04. The van der Waals surface area contributed by atoms with Gasteiger partial charge in [0.25, 0.3) is 0 Å². The van der Waals surface area contributed by atoms with Gasteiger partial charge in [-0.1, -0.05) is 29.4 Å². The summed E-state index contributed by atoms with van der Waals surface area (Å²) in [6.07, 6.45) is 2.37. The zero-order valence-corrected chi connectivity index (χ0v) is 10.4. The van der Waals surface area contributed by atoms with Crippen LogP contribution in [0.5, 0.6) is 0 Å². The highest BCUT2D eigenvalue weighted by Gasteiger charge is 2.24. The predicted octanol–water partition coefficient (Wildman–Crippen LogP) is 2.32. The highest BCUT2D eigenvalue weighted by molar-refractivity contribution is 5.83. The molecule has 0 saturated heterocycles. The maximum absolute atomic E-state index is 5.46. The van der Waals surface area contributed by atoms with E-state index in [1.165, 1.54) is 0 Å². The van der Waals surface area contributed by atoms with E-state index in [0.29, 0.717) is 0 Å². The molecule has 0 fully saturated rings. The van der Waals surface area contributed by atoms with Crippen molar-refractivity contribution in [2.24, 2.45) is 12.2 Å². The van der Waals surface area contributed by atoms with Crippen LogP contribution in [0.1, 0.15) is 25.0 Å². The van der Waals surface area contributed by atoms with E-state index in [2.05, 4.69) is 21.3 Å². The van der Waals surface area contributed by atoms with E-state index in [-0.39, 0.29) is 6.10 Å². The lowest BCUT2D eigenvalue weighted by atomic mass is 9.99. The molecule has 0 radical (unpaired) electrons. The molecule has 1 aliphatic rings. The van der Waals surface area contributed by atoms with Gasteiger partial charge in [-0.05, 0) is 6.92 Å². The fourth-order valence-corrected chi connectivity index (χ4v) is 2.18. The number of aryl methyl sites for hydroxylation is 1. The molecule has 18 heavy (non-hydrogen) atoms. The minimum Gasteiger partial charge on any atom is -0.387 e. The third-order valence-electron chi connectivity index (χ3n) is 3.08. The minimum atomic E-state index is -0.0158. The second kappa shape index (κ2) is 4.25. The molecule has 5 nitrogen and oxygen atoms in total. The lowest BCUT2D eigenvalue weighted by Gasteiger charge is -2.13. The van der Waals surface area contributed by atoms with Gasteiger partial charge in [0.1, 0.15) is 6.33 Å². The standard InChI is InChI=1S/C13H14N4O/c1-9-7-12(18-16-9)10-5-3-4-6-11(10)13-14-8-15-17(13)2/h3-6,8,12H,7H2,1-2H3/t12-/m1/s1. The smallest absolute Gasteiger partial charge is 0.158 e. The first kappa shape index (κ1) is 11.0. The van der Waals surface area contributed by atoms with Gasteiger partial charge in [0.2, 0.25) is 0 Å². The van der Waals surface area contributed by atoms with E-state index in [0.717, 1.165) is 29.1 Å². The third-order valence-corrected chi connectivity index (χ3v) is 3.08. The fraction of sp³-hybridized carbons (Fsp3) is 0.308. The Morgan fingerprint density at radius 2 is 2.17 bits per heavy atom. The summed E-state index contributed by atoms with van der Waals surface area (Å²) in [5.74, 6) is 0.846. The molecule has 0 saturated carbocycles. The summed E-state index contributed by atoms with van der Waals surface area (Å²) < 4.78 is 1.77. The maximum atomic E-state index is 5.46. The van der Waals surface area contributed by atoms with Crippen molar-refractivity contribution in [2.45, 2.75) is 19.4 Å². The van der Waals surface area contributed by atoms with Crippen molar-refractivity contribution in [1.82, 2.24) is 14.8 Å². The Kier molecular flexibility index (Phi) is 2.59. The van der Waals surface area contributed by atoms with Crippen LogP contribution in [-0.2, 0) is 11.9 Å². The molecular formula is C13H14N4O. The molecule has 1 aromatic carbocycles. The molecular weight excluding hydrogens is 228 g/mol. The van der Waals surface area contributed by atoms with Gasteiger partial charge in [-0.25, -0.2) is 9.67 Å². The number of rotatable bonds is 2. The summed E-state index contributed by atoms with van der Waals surface area (Å²) in [7, 11) is 1.89. The van der Waals surface area contributed by atoms with E-state index >= 15 is 0 Å². The van der Waals surface area contributed by atoms with E-state index in [1.54, 1.807) is 11.0 Å². The number of hydrogen-bond donors (Lipinski definition) is 0. The van der Waals surface area contributed by atoms with Crippen molar-refractivity contribution < 1.29 is 4.84 Å². The molecule has 5 heteroatoms. The van der Waals surface area contributed by atoms with Gasteiger partial charge in [0.05, 0.1) is 5.71 Å². The zero-order chi connectivity index (χ0) is 12.5. The second-order valence-electron chi connectivity index (χ2n) is 4.42. The SMILES string of the molecule is CC1=NO[C@@H](c2ccccc2-c2ncnn2C)C1. The first-order valence-corrected chi connectivity index (χ1v) is 5.88.